The van der Waals surface area contributed by atoms with Crippen LogP contribution in [0.3, 0.4) is 0 Å². The van der Waals surface area contributed by atoms with E-state index in [0.29, 0.717) is 0 Å². The molecule has 0 aromatic heterocycles. The molecule has 2 aliphatic rings. The van der Waals surface area contributed by atoms with E-state index in [4.69, 9.17) is 0 Å². The molecule has 0 aliphatic heterocycles. The molecular formula is C16H23Cl2HfSi. The van der Waals surface area contributed by atoms with E-state index in [9.17, 15) is 0 Å². The molecular weight excluding hydrogens is 470 g/mol. The molecule has 0 heterocycles. The van der Waals surface area contributed by atoms with Gasteiger partial charge in [0.1, 0.15) is 0 Å². The second-order valence-electron chi connectivity index (χ2n) is 6.07. The van der Waals surface area contributed by atoms with Crippen molar-refractivity contribution in [3.63, 3.8) is 0 Å². The van der Waals surface area contributed by atoms with Gasteiger partial charge in [-0.2, -0.15) is 0 Å². The maximum absolute atomic E-state index is 2.48. The molecule has 0 fully saturated rings. The largest absolute Gasteiger partial charge is 1.00 e. The van der Waals surface area contributed by atoms with Crippen molar-refractivity contribution in [1.29, 1.82) is 0 Å². The van der Waals surface area contributed by atoms with Crippen LogP contribution in [0.25, 0.3) is 0 Å². The van der Waals surface area contributed by atoms with Crippen molar-refractivity contribution in [2.24, 2.45) is 5.92 Å². The van der Waals surface area contributed by atoms with E-state index < -0.39 is 8.80 Å². The third-order valence-corrected chi connectivity index (χ3v) is 8.93. The Morgan fingerprint density at radius 1 is 1.15 bits per heavy atom. The van der Waals surface area contributed by atoms with Gasteiger partial charge in [0.05, 0.1) is 0 Å². The van der Waals surface area contributed by atoms with Crippen LogP contribution in [0.5, 0.6) is 0 Å². The Kier molecular flexibility index (Phi) is 8.00. The Labute approximate surface area is 152 Å². The van der Waals surface area contributed by atoms with Crippen molar-refractivity contribution in [3.05, 3.63) is 42.5 Å². The molecule has 4 heteroatoms. The molecule has 0 nitrogen and oxygen atoms in total. The first-order valence-corrected chi connectivity index (χ1v) is 11.6. The SMILES string of the molecule is CC1=CC(C)=C(C2=[C]([Hf+2])C(C)C([SiH](C)C)=C2C)C1.[Cl-].[Cl-]. The van der Waals surface area contributed by atoms with Gasteiger partial charge in [0, 0.05) is 0 Å². The molecule has 0 saturated heterocycles. The topological polar surface area (TPSA) is 0 Å². The summed E-state index contributed by atoms with van der Waals surface area (Å²) < 4.78 is 1.75. The first kappa shape index (κ1) is 20.6. The number of rotatable bonds is 2. The van der Waals surface area contributed by atoms with E-state index in [1.165, 1.54) is 41.9 Å². The van der Waals surface area contributed by atoms with E-state index in [2.05, 4.69) is 46.9 Å². The molecule has 109 valence electrons. The molecule has 1 unspecified atom stereocenters. The molecule has 0 N–H and O–H groups in total. The summed E-state index contributed by atoms with van der Waals surface area (Å²) in [5.74, 6) is 0.750. The Hall–Kier alpha value is 0.627. The molecule has 0 spiro atoms. The van der Waals surface area contributed by atoms with Crippen molar-refractivity contribution in [1.82, 2.24) is 0 Å². The van der Waals surface area contributed by atoms with Crippen molar-refractivity contribution < 1.29 is 49.2 Å². The van der Waals surface area contributed by atoms with E-state index in [1.54, 1.807) is 20.0 Å². The zero-order valence-corrected chi connectivity index (χ0v) is 19.5. The molecule has 0 aromatic rings. The molecule has 20 heavy (non-hydrogen) atoms. The van der Waals surface area contributed by atoms with Crippen molar-refractivity contribution >= 4 is 8.80 Å². The van der Waals surface area contributed by atoms with Gasteiger partial charge in [-0.1, -0.05) is 0 Å². The molecule has 1 atom stereocenters. The fourth-order valence-corrected chi connectivity index (χ4v) is 8.13. The average Bonchev–Trinajstić information content (AvgIpc) is 2.67. The van der Waals surface area contributed by atoms with E-state index in [1.807, 2.05) is 5.20 Å². The number of hydrogen-bond acceptors (Lipinski definition) is 0. The van der Waals surface area contributed by atoms with Gasteiger partial charge in [-0.3, -0.25) is 0 Å². The van der Waals surface area contributed by atoms with Crippen LogP contribution in [0.4, 0.5) is 0 Å². The fraction of sp³-hybridized carbons (Fsp3) is 0.500. The van der Waals surface area contributed by atoms with Crippen LogP contribution in [0.2, 0.25) is 13.1 Å². The van der Waals surface area contributed by atoms with Gasteiger partial charge in [-0.25, -0.2) is 0 Å². The van der Waals surface area contributed by atoms with Crippen molar-refractivity contribution in [2.45, 2.75) is 47.2 Å². The third kappa shape index (κ3) is 3.51. The number of halogens is 2. The Bertz CT molecular complexity index is 525. The van der Waals surface area contributed by atoms with E-state index in [-0.39, 0.29) is 24.8 Å². The predicted octanol–water partition coefficient (Wildman–Crippen LogP) is -1.55. The summed E-state index contributed by atoms with van der Waals surface area (Å²) in [6.07, 6.45) is 3.56. The monoisotopic (exact) mass is 493 g/mol. The first-order chi connectivity index (χ1) is 8.34. The van der Waals surface area contributed by atoms with E-state index >= 15 is 0 Å². The summed E-state index contributed by atoms with van der Waals surface area (Å²) in [5.41, 5.74) is 7.98. The van der Waals surface area contributed by atoms with Crippen molar-refractivity contribution in [3.8, 4) is 0 Å². The Balaban J connectivity index is 0.00000180. The average molecular weight is 493 g/mol. The molecule has 0 aromatic carbocycles. The second-order valence-corrected chi connectivity index (χ2v) is 10.9. The molecule has 0 saturated carbocycles. The maximum Gasteiger partial charge on any atom is -1.00 e. The minimum absolute atomic E-state index is 0. The standard InChI is InChI=1S/C16H23Si.2ClH.Hf/c1-10-7-11(2)14(8-10)15-9-12(3)16(13(15)4)17(5)6;;;/h7,12,17H,8H2,1-6H3;2*1H;/q;;;+2/p-2. The van der Waals surface area contributed by atoms with E-state index in [0.717, 1.165) is 5.92 Å². The molecule has 2 aliphatic carbocycles. The van der Waals surface area contributed by atoms with Gasteiger partial charge >= 0.3 is 129 Å². The molecule has 0 radical (unpaired) electrons. The third-order valence-electron chi connectivity index (χ3n) is 4.30. The summed E-state index contributed by atoms with van der Waals surface area (Å²) in [5, 5.41) is 1.82. The quantitative estimate of drug-likeness (QED) is 0.410. The summed E-state index contributed by atoms with van der Waals surface area (Å²) in [4.78, 5) is 0. The smallest absolute Gasteiger partial charge is 1.00 e. The van der Waals surface area contributed by atoms with Gasteiger partial charge in [0.2, 0.25) is 0 Å². The maximum atomic E-state index is 2.48. The van der Waals surface area contributed by atoms with Crippen LogP contribution < -0.4 is 24.8 Å². The van der Waals surface area contributed by atoms with Gasteiger partial charge < -0.3 is 24.8 Å². The fourth-order valence-electron chi connectivity index (χ4n) is 3.58. The second kappa shape index (κ2) is 7.76. The summed E-state index contributed by atoms with van der Waals surface area (Å²) in [6.45, 7) is 14.3. The minimum atomic E-state index is -0.674. The number of allylic oxidation sites excluding steroid dienone is 8. The zero-order chi connectivity index (χ0) is 13.6. The molecule has 2 rings (SSSR count). The normalized spacial score (nSPS) is 22.4. The van der Waals surface area contributed by atoms with Crippen LogP contribution in [0.15, 0.2) is 42.5 Å². The van der Waals surface area contributed by atoms with Crippen LogP contribution in [-0.2, 0) is 24.4 Å². The minimum Gasteiger partial charge on any atom is -1.00 e. The molecule has 0 bridgehead atoms. The van der Waals surface area contributed by atoms with Gasteiger partial charge in [-0.05, 0) is 0 Å². The Morgan fingerprint density at radius 3 is 2.05 bits per heavy atom. The molecule has 0 amide bonds. The summed E-state index contributed by atoms with van der Waals surface area (Å²) >= 11 is 1.21. The van der Waals surface area contributed by atoms with Crippen LogP contribution in [0, 0.1) is 5.92 Å². The van der Waals surface area contributed by atoms with Gasteiger partial charge in [0.25, 0.3) is 0 Å². The van der Waals surface area contributed by atoms with Gasteiger partial charge in [-0.15, -0.1) is 0 Å². The van der Waals surface area contributed by atoms with Crippen molar-refractivity contribution in [2.75, 3.05) is 0 Å². The van der Waals surface area contributed by atoms with Crippen LogP contribution in [-0.4, -0.2) is 8.80 Å². The number of hydrogen-bond donors (Lipinski definition) is 0. The first-order valence-electron chi connectivity index (χ1n) is 6.88. The summed E-state index contributed by atoms with van der Waals surface area (Å²) in [6, 6.07) is 0. The predicted molar refractivity (Wildman–Crippen MR) is 78.8 cm³/mol. The Morgan fingerprint density at radius 2 is 1.70 bits per heavy atom. The zero-order valence-electron chi connectivity index (χ0n) is 13.2. The summed E-state index contributed by atoms with van der Waals surface area (Å²) in [7, 11) is -0.674. The van der Waals surface area contributed by atoms with Crippen LogP contribution >= 0.6 is 0 Å². The van der Waals surface area contributed by atoms with Gasteiger partial charge in [0.15, 0.2) is 0 Å². The van der Waals surface area contributed by atoms with Crippen LogP contribution in [0.1, 0.15) is 34.1 Å².